The van der Waals surface area contributed by atoms with Gasteiger partial charge in [-0.15, -0.1) is 0 Å². The number of carbonyl (C=O) groups is 1. The number of nitrogens with zero attached hydrogens (tertiary/aromatic N) is 3. The fourth-order valence-corrected chi connectivity index (χ4v) is 2.85. The molecule has 0 aliphatic heterocycles. The summed E-state index contributed by atoms with van der Waals surface area (Å²) in [5, 5.41) is 25.6. The Morgan fingerprint density at radius 3 is 2.62 bits per heavy atom. The zero-order valence-electron chi connectivity index (χ0n) is 16.4. The van der Waals surface area contributed by atoms with Crippen LogP contribution < -0.4 is 16.2 Å². The SMILES string of the molecule is CC(C)(C)Nc1nc(Nc2cc(CO)ccn2)cc2ccn(CC(=O)O)c(=O)c12. The summed E-state index contributed by atoms with van der Waals surface area (Å²) in [4.78, 5) is 32.7. The molecule has 3 rings (SSSR count). The van der Waals surface area contributed by atoms with E-state index in [-0.39, 0.29) is 12.1 Å². The van der Waals surface area contributed by atoms with E-state index in [1.165, 1.54) is 6.20 Å². The second kappa shape index (κ2) is 7.88. The van der Waals surface area contributed by atoms with Gasteiger partial charge in [-0.1, -0.05) is 0 Å². The molecular weight excluding hydrogens is 374 g/mol. The molecule has 0 fully saturated rings. The molecule has 3 aromatic rings. The van der Waals surface area contributed by atoms with E-state index in [1.807, 2.05) is 20.8 Å². The number of hydrogen-bond acceptors (Lipinski definition) is 7. The number of fused-ring (bicyclic) bond motifs is 1. The predicted molar refractivity (Wildman–Crippen MR) is 110 cm³/mol. The van der Waals surface area contributed by atoms with Crippen molar-refractivity contribution in [2.45, 2.75) is 39.5 Å². The Hall–Kier alpha value is -3.46. The highest BCUT2D eigenvalue weighted by Crippen LogP contribution is 2.26. The number of aliphatic hydroxyl groups is 1. The van der Waals surface area contributed by atoms with Crippen molar-refractivity contribution < 1.29 is 15.0 Å². The molecule has 0 aliphatic carbocycles. The Morgan fingerprint density at radius 2 is 1.97 bits per heavy atom. The highest BCUT2D eigenvalue weighted by atomic mass is 16.4. The molecule has 9 nitrogen and oxygen atoms in total. The first kappa shape index (κ1) is 20.3. The lowest BCUT2D eigenvalue weighted by Gasteiger charge is -2.23. The van der Waals surface area contributed by atoms with E-state index in [4.69, 9.17) is 5.11 Å². The van der Waals surface area contributed by atoms with Crippen molar-refractivity contribution in [2.75, 3.05) is 10.6 Å². The zero-order valence-corrected chi connectivity index (χ0v) is 16.4. The first-order chi connectivity index (χ1) is 13.7. The first-order valence-corrected chi connectivity index (χ1v) is 9.03. The van der Waals surface area contributed by atoms with Crippen LogP contribution in [0.2, 0.25) is 0 Å². The van der Waals surface area contributed by atoms with Crippen molar-refractivity contribution in [1.82, 2.24) is 14.5 Å². The van der Waals surface area contributed by atoms with Crippen molar-refractivity contribution in [1.29, 1.82) is 0 Å². The van der Waals surface area contributed by atoms with E-state index in [9.17, 15) is 14.7 Å². The molecule has 0 aliphatic rings. The molecule has 0 unspecified atom stereocenters. The Bertz CT molecular complexity index is 1120. The zero-order chi connectivity index (χ0) is 21.2. The number of anilines is 3. The maximum absolute atomic E-state index is 12.9. The van der Waals surface area contributed by atoms with Crippen molar-refractivity contribution in [3.8, 4) is 0 Å². The van der Waals surface area contributed by atoms with E-state index in [0.29, 0.717) is 33.8 Å². The van der Waals surface area contributed by atoms with Gasteiger partial charge < -0.3 is 25.4 Å². The summed E-state index contributed by atoms with van der Waals surface area (Å²) in [5.74, 6) is 0.213. The Kier molecular flexibility index (Phi) is 5.51. The number of aliphatic hydroxyl groups excluding tert-OH is 1. The number of hydrogen-bond donors (Lipinski definition) is 4. The highest BCUT2D eigenvalue weighted by Gasteiger charge is 2.18. The molecule has 0 radical (unpaired) electrons. The van der Waals surface area contributed by atoms with Gasteiger partial charge in [-0.05, 0) is 56.0 Å². The number of pyridine rings is 3. The van der Waals surface area contributed by atoms with E-state index < -0.39 is 18.1 Å². The third-order valence-electron chi connectivity index (χ3n) is 4.02. The fourth-order valence-electron chi connectivity index (χ4n) is 2.85. The molecular formula is C20H23N5O4. The molecule has 29 heavy (non-hydrogen) atoms. The summed E-state index contributed by atoms with van der Waals surface area (Å²) in [7, 11) is 0. The summed E-state index contributed by atoms with van der Waals surface area (Å²) in [6, 6.07) is 6.78. The molecule has 3 heterocycles. The van der Waals surface area contributed by atoms with Crippen LogP contribution in [-0.2, 0) is 17.9 Å². The summed E-state index contributed by atoms with van der Waals surface area (Å²) >= 11 is 0. The van der Waals surface area contributed by atoms with Gasteiger partial charge in [0.05, 0.1) is 12.0 Å². The van der Waals surface area contributed by atoms with E-state index in [2.05, 4.69) is 20.6 Å². The van der Waals surface area contributed by atoms with Crippen molar-refractivity contribution in [3.05, 3.63) is 52.6 Å². The van der Waals surface area contributed by atoms with Crippen molar-refractivity contribution in [3.63, 3.8) is 0 Å². The van der Waals surface area contributed by atoms with E-state index >= 15 is 0 Å². The van der Waals surface area contributed by atoms with Gasteiger partial charge in [0.25, 0.3) is 5.56 Å². The quantitative estimate of drug-likeness (QED) is 0.499. The second-order valence-corrected chi connectivity index (χ2v) is 7.67. The number of carboxylic acid groups (broad SMARTS) is 1. The standard InChI is InChI=1S/C20H23N5O4/c1-20(2,3)24-18-17-13(5-7-25(19(17)29)10-16(27)28)9-15(23-18)22-14-8-12(11-26)4-6-21-14/h4-9,26H,10-11H2,1-3H3,(H,27,28)(H2,21,22,23,24). The maximum Gasteiger partial charge on any atom is 0.323 e. The van der Waals surface area contributed by atoms with Gasteiger partial charge in [-0.25, -0.2) is 9.97 Å². The summed E-state index contributed by atoms with van der Waals surface area (Å²) in [5.41, 5.74) is -0.114. The number of rotatable bonds is 6. The Balaban J connectivity index is 2.13. The largest absolute Gasteiger partial charge is 0.480 e. The van der Waals surface area contributed by atoms with Gasteiger partial charge in [-0.2, -0.15) is 0 Å². The van der Waals surface area contributed by atoms with E-state index in [0.717, 1.165) is 4.57 Å². The minimum absolute atomic E-state index is 0.109. The van der Waals surface area contributed by atoms with Gasteiger partial charge in [0.2, 0.25) is 0 Å². The van der Waals surface area contributed by atoms with Crippen LogP contribution in [0, 0.1) is 0 Å². The molecule has 4 N–H and O–H groups in total. The van der Waals surface area contributed by atoms with Gasteiger partial charge in [-0.3, -0.25) is 9.59 Å². The molecule has 3 aromatic heterocycles. The molecule has 0 bridgehead atoms. The van der Waals surface area contributed by atoms with Gasteiger partial charge >= 0.3 is 5.97 Å². The minimum Gasteiger partial charge on any atom is -0.480 e. The van der Waals surface area contributed by atoms with Crippen LogP contribution >= 0.6 is 0 Å². The Morgan fingerprint density at radius 1 is 1.21 bits per heavy atom. The van der Waals surface area contributed by atoms with Crippen molar-refractivity contribution >= 4 is 34.2 Å². The molecule has 9 heteroatoms. The van der Waals surface area contributed by atoms with Crippen LogP contribution in [0.1, 0.15) is 26.3 Å². The lowest BCUT2D eigenvalue weighted by Crippen LogP contribution is -2.29. The highest BCUT2D eigenvalue weighted by molar-refractivity contribution is 5.93. The average molecular weight is 397 g/mol. The summed E-state index contributed by atoms with van der Waals surface area (Å²) in [6.45, 7) is 5.27. The van der Waals surface area contributed by atoms with Crippen LogP contribution in [0.4, 0.5) is 17.5 Å². The molecule has 0 spiro atoms. The lowest BCUT2D eigenvalue weighted by molar-refractivity contribution is -0.137. The molecule has 0 saturated carbocycles. The molecule has 0 amide bonds. The number of carboxylic acids is 1. The van der Waals surface area contributed by atoms with Crippen LogP contribution in [0.25, 0.3) is 10.8 Å². The van der Waals surface area contributed by atoms with Gasteiger partial charge in [0.1, 0.15) is 24.0 Å². The first-order valence-electron chi connectivity index (χ1n) is 9.03. The third kappa shape index (κ3) is 4.88. The van der Waals surface area contributed by atoms with E-state index in [1.54, 1.807) is 30.5 Å². The maximum atomic E-state index is 12.9. The predicted octanol–water partition coefficient (Wildman–Crippen LogP) is 2.32. The van der Waals surface area contributed by atoms with Crippen LogP contribution in [0.3, 0.4) is 0 Å². The smallest absolute Gasteiger partial charge is 0.323 e. The fraction of sp³-hybridized carbons (Fsp3) is 0.300. The van der Waals surface area contributed by atoms with Gasteiger partial charge in [0.15, 0.2) is 0 Å². The van der Waals surface area contributed by atoms with Crippen LogP contribution in [0.15, 0.2) is 41.5 Å². The second-order valence-electron chi connectivity index (χ2n) is 7.67. The molecule has 0 atom stereocenters. The van der Waals surface area contributed by atoms with Gasteiger partial charge in [0, 0.05) is 17.9 Å². The number of aromatic nitrogens is 3. The lowest BCUT2D eigenvalue weighted by atomic mass is 10.1. The topological polar surface area (TPSA) is 129 Å². The Labute approximate surface area is 167 Å². The number of nitrogens with one attached hydrogen (secondary N) is 2. The van der Waals surface area contributed by atoms with Crippen molar-refractivity contribution in [2.24, 2.45) is 0 Å². The number of aliphatic carboxylic acids is 1. The normalized spacial score (nSPS) is 11.4. The minimum atomic E-state index is -1.10. The summed E-state index contributed by atoms with van der Waals surface area (Å²) < 4.78 is 1.14. The molecule has 0 aromatic carbocycles. The monoisotopic (exact) mass is 397 g/mol. The summed E-state index contributed by atoms with van der Waals surface area (Å²) in [6.07, 6.45) is 3.03. The van der Waals surface area contributed by atoms with Crippen LogP contribution in [-0.4, -0.2) is 36.3 Å². The molecule has 0 saturated heterocycles. The third-order valence-corrected chi connectivity index (χ3v) is 4.02. The average Bonchev–Trinajstić information content (AvgIpc) is 2.62. The van der Waals surface area contributed by atoms with Crippen LogP contribution in [0.5, 0.6) is 0 Å². The molecule has 152 valence electrons.